The number of carbonyl (C=O) groups is 1. The second-order valence-electron chi connectivity index (χ2n) is 9.34. The van der Waals surface area contributed by atoms with Gasteiger partial charge in [-0.05, 0) is 98.3 Å². The monoisotopic (exact) mass is 400 g/mol. The Kier molecular flexibility index (Phi) is 16.7. The molecule has 0 fully saturated rings. The molecule has 0 saturated carbocycles. The van der Waals surface area contributed by atoms with E-state index in [2.05, 4.69) is 65.8 Å². The van der Waals surface area contributed by atoms with Gasteiger partial charge in [-0.25, -0.2) is 0 Å². The zero-order chi connectivity index (χ0) is 22.1. The minimum Gasteiger partial charge on any atom is -0.300 e. The SMILES string of the molecule is CC(=O)CC/C(C)=C/CC/C(C)=C/CC/C=C(/C)CC/C=C(\C)CCCC(C)C. The van der Waals surface area contributed by atoms with E-state index in [9.17, 15) is 4.79 Å². The van der Waals surface area contributed by atoms with Gasteiger partial charge < -0.3 is 4.79 Å². The van der Waals surface area contributed by atoms with Gasteiger partial charge in [-0.15, -0.1) is 0 Å². The van der Waals surface area contributed by atoms with Crippen LogP contribution in [0.3, 0.4) is 0 Å². The van der Waals surface area contributed by atoms with Gasteiger partial charge in [0.05, 0.1) is 0 Å². The van der Waals surface area contributed by atoms with Crippen LogP contribution in [0.2, 0.25) is 0 Å². The van der Waals surface area contributed by atoms with Crippen LogP contribution in [0.1, 0.15) is 119 Å². The van der Waals surface area contributed by atoms with Gasteiger partial charge in [-0.2, -0.15) is 0 Å². The molecule has 1 heteroatoms. The first-order valence-electron chi connectivity index (χ1n) is 11.8. The summed E-state index contributed by atoms with van der Waals surface area (Å²) in [5.41, 5.74) is 5.90. The van der Waals surface area contributed by atoms with Gasteiger partial charge in [0.1, 0.15) is 5.78 Å². The molecule has 0 spiro atoms. The van der Waals surface area contributed by atoms with Crippen LogP contribution in [0.5, 0.6) is 0 Å². The molecule has 0 heterocycles. The third-order valence-corrected chi connectivity index (χ3v) is 5.44. The summed E-state index contributed by atoms with van der Waals surface area (Å²) < 4.78 is 0. The van der Waals surface area contributed by atoms with Crippen molar-refractivity contribution < 1.29 is 4.79 Å². The molecular weight excluding hydrogens is 352 g/mol. The Balaban J connectivity index is 4.00. The summed E-state index contributed by atoms with van der Waals surface area (Å²) in [5.74, 6) is 1.11. The van der Waals surface area contributed by atoms with Gasteiger partial charge in [0, 0.05) is 6.42 Å². The van der Waals surface area contributed by atoms with Crippen LogP contribution < -0.4 is 0 Å². The molecule has 0 amide bonds. The average molecular weight is 401 g/mol. The summed E-state index contributed by atoms with van der Waals surface area (Å²) in [7, 11) is 0. The smallest absolute Gasteiger partial charge is 0.130 e. The standard InChI is InChI=1S/C28H48O/c1-23(2)13-10-16-26(5)19-11-17-24(3)14-8-9-15-25(4)18-12-20-27(6)21-22-28(7)29/h14-15,19-20,23H,8-13,16-18,21-22H2,1-7H3/b24-14-,25-15+,26-19+,27-20+. The van der Waals surface area contributed by atoms with E-state index >= 15 is 0 Å². The Hall–Kier alpha value is -1.37. The van der Waals surface area contributed by atoms with Crippen LogP contribution >= 0.6 is 0 Å². The Bertz CT molecular complexity index is 569. The number of rotatable bonds is 16. The highest BCUT2D eigenvalue weighted by molar-refractivity contribution is 5.75. The van der Waals surface area contributed by atoms with E-state index in [4.69, 9.17) is 0 Å². The van der Waals surface area contributed by atoms with Crippen molar-refractivity contribution in [3.05, 3.63) is 46.6 Å². The van der Waals surface area contributed by atoms with E-state index in [1.165, 1.54) is 48.8 Å². The molecule has 0 aromatic carbocycles. The Morgan fingerprint density at radius 1 is 0.586 bits per heavy atom. The molecule has 0 saturated heterocycles. The number of allylic oxidation sites excluding steroid dienone is 8. The first-order chi connectivity index (χ1) is 13.7. The Morgan fingerprint density at radius 3 is 1.45 bits per heavy atom. The lowest BCUT2D eigenvalue weighted by molar-refractivity contribution is -0.116. The van der Waals surface area contributed by atoms with Gasteiger partial charge in [0.2, 0.25) is 0 Å². The number of ketones is 1. The molecular formula is C28H48O. The quantitative estimate of drug-likeness (QED) is 0.186. The summed E-state index contributed by atoms with van der Waals surface area (Å²) in [4.78, 5) is 11.0. The normalized spacial score (nSPS) is 14.1. The Morgan fingerprint density at radius 2 is 1.00 bits per heavy atom. The number of carbonyl (C=O) groups excluding carboxylic acids is 1. The summed E-state index contributed by atoms with van der Waals surface area (Å²) in [6, 6.07) is 0. The Labute approximate surface area is 182 Å². The number of Topliss-reactive ketones (excluding diaryl/α,β-unsaturated/α-hetero) is 1. The van der Waals surface area contributed by atoms with E-state index in [1.807, 2.05) is 0 Å². The predicted octanol–water partition coefficient (Wildman–Crippen LogP) is 9.31. The van der Waals surface area contributed by atoms with Crippen LogP contribution in [0.4, 0.5) is 0 Å². The summed E-state index contributed by atoms with van der Waals surface area (Å²) in [6.45, 7) is 15.2. The molecule has 0 aliphatic rings. The molecule has 0 radical (unpaired) electrons. The van der Waals surface area contributed by atoms with Crippen molar-refractivity contribution >= 4 is 5.78 Å². The van der Waals surface area contributed by atoms with Gasteiger partial charge in [0.25, 0.3) is 0 Å². The lowest BCUT2D eigenvalue weighted by atomic mass is 10.0. The third kappa shape index (κ3) is 19.7. The average Bonchev–Trinajstić information content (AvgIpc) is 2.63. The minimum absolute atomic E-state index is 0.282. The first kappa shape index (κ1) is 27.6. The highest BCUT2D eigenvalue weighted by Gasteiger charge is 1.97. The molecule has 0 bridgehead atoms. The van der Waals surface area contributed by atoms with Crippen LogP contribution in [-0.2, 0) is 4.79 Å². The number of hydrogen-bond donors (Lipinski definition) is 0. The van der Waals surface area contributed by atoms with Crippen molar-refractivity contribution in [1.29, 1.82) is 0 Å². The maximum Gasteiger partial charge on any atom is 0.130 e. The molecule has 0 aromatic heterocycles. The molecule has 166 valence electrons. The van der Waals surface area contributed by atoms with Crippen LogP contribution in [0.15, 0.2) is 46.6 Å². The molecule has 0 aromatic rings. The highest BCUT2D eigenvalue weighted by Crippen LogP contribution is 2.15. The van der Waals surface area contributed by atoms with Crippen molar-refractivity contribution in [3.8, 4) is 0 Å². The highest BCUT2D eigenvalue weighted by atomic mass is 16.1. The maximum atomic E-state index is 11.0. The van der Waals surface area contributed by atoms with Crippen LogP contribution in [0, 0.1) is 5.92 Å². The van der Waals surface area contributed by atoms with E-state index in [1.54, 1.807) is 12.5 Å². The van der Waals surface area contributed by atoms with Crippen molar-refractivity contribution in [2.45, 2.75) is 119 Å². The predicted molar refractivity (Wildman–Crippen MR) is 131 cm³/mol. The number of hydrogen-bond acceptors (Lipinski definition) is 1. The van der Waals surface area contributed by atoms with Gasteiger partial charge in [-0.3, -0.25) is 0 Å². The zero-order valence-corrected chi connectivity index (χ0v) is 20.6. The van der Waals surface area contributed by atoms with Gasteiger partial charge in [-0.1, -0.05) is 66.9 Å². The molecule has 0 atom stereocenters. The summed E-state index contributed by atoms with van der Waals surface area (Å²) >= 11 is 0. The molecule has 0 aliphatic heterocycles. The van der Waals surface area contributed by atoms with Crippen molar-refractivity contribution in [3.63, 3.8) is 0 Å². The van der Waals surface area contributed by atoms with Gasteiger partial charge in [0.15, 0.2) is 0 Å². The lowest BCUT2D eigenvalue weighted by Crippen LogP contribution is -1.90. The van der Waals surface area contributed by atoms with Crippen LogP contribution in [-0.4, -0.2) is 5.78 Å². The second-order valence-corrected chi connectivity index (χ2v) is 9.34. The molecule has 1 nitrogen and oxygen atoms in total. The molecule has 29 heavy (non-hydrogen) atoms. The van der Waals surface area contributed by atoms with Crippen molar-refractivity contribution in [2.75, 3.05) is 0 Å². The summed E-state index contributed by atoms with van der Waals surface area (Å²) in [5, 5.41) is 0. The summed E-state index contributed by atoms with van der Waals surface area (Å²) in [6.07, 6.45) is 21.9. The van der Waals surface area contributed by atoms with E-state index in [-0.39, 0.29) is 5.78 Å². The zero-order valence-electron chi connectivity index (χ0n) is 20.6. The third-order valence-electron chi connectivity index (χ3n) is 5.44. The largest absolute Gasteiger partial charge is 0.300 e. The molecule has 0 N–H and O–H groups in total. The molecule has 0 rings (SSSR count). The molecule has 0 aliphatic carbocycles. The number of unbranched alkanes of at least 4 members (excludes halogenated alkanes) is 1. The molecule has 0 unspecified atom stereocenters. The minimum atomic E-state index is 0.282. The topological polar surface area (TPSA) is 17.1 Å². The van der Waals surface area contributed by atoms with Crippen molar-refractivity contribution in [2.24, 2.45) is 5.92 Å². The van der Waals surface area contributed by atoms with E-state index in [0.29, 0.717) is 6.42 Å². The van der Waals surface area contributed by atoms with Crippen molar-refractivity contribution in [1.82, 2.24) is 0 Å². The van der Waals surface area contributed by atoms with Crippen LogP contribution in [0.25, 0.3) is 0 Å². The fraction of sp³-hybridized carbons (Fsp3) is 0.679. The van der Waals surface area contributed by atoms with Gasteiger partial charge >= 0.3 is 0 Å². The lowest BCUT2D eigenvalue weighted by Gasteiger charge is -2.05. The van der Waals surface area contributed by atoms with E-state index < -0.39 is 0 Å². The second kappa shape index (κ2) is 17.5. The fourth-order valence-corrected chi connectivity index (χ4v) is 3.32. The first-order valence-corrected chi connectivity index (χ1v) is 11.8. The maximum absolute atomic E-state index is 11.0. The van der Waals surface area contributed by atoms with E-state index in [0.717, 1.165) is 38.0 Å². The fourth-order valence-electron chi connectivity index (χ4n) is 3.32.